The van der Waals surface area contributed by atoms with Crippen molar-refractivity contribution in [2.45, 2.75) is 38.8 Å². The molecule has 0 bridgehead atoms. The van der Waals surface area contributed by atoms with Crippen LogP contribution in [0.5, 0.6) is 5.75 Å². The summed E-state index contributed by atoms with van der Waals surface area (Å²) in [6, 6.07) is 21.3. The quantitative estimate of drug-likeness (QED) is 0.453. The number of nitrogens with zero attached hydrogens (tertiary/aromatic N) is 1. The highest BCUT2D eigenvalue weighted by Gasteiger charge is 2.20. The van der Waals surface area contributed by atoms with Crippen molar-refractivity contribution in [2.75, 3.05) is 19.8 Å². The molecular formula is C27H30N2O4. The second-order valence-corrected chi connectivity index (χ2v) is 8.63. The smallest absolute Gasteiger partial charge is 0.338 e. The summed E-state index contributed by atoms with van der Waals surface area (Å²) < 4.78 is 10.7. The van der Waals surface area contributed by atoms with Gasteiger partial charge >= 0.3 is 5.97 Å². The van der Waals surface area contributed by atoms with E-state index in [1.54, 1.807) is 6.92 Å². The van der Waals surface area contributed by atoms with Gasteiger partial charge in [0.05, 0.1) is 17.7 Å². The molecule has 3 aromatic rings. The van der Waals surface area contributed by atoms with Gasteiger partial charge in [-0.15, -0.1) is 0 Å². The number of aliphatic hydroxyl groups is 1. The molecular weight excluding hydrogens is 416 g/mol. The zero-order valence-electron chi connectivity index (χ0n) is 19.3. The fourth-order valence-electron chi connectivity index (χ4n) is 3.64. The van der Waals surface area contributed by atoms with Crippen LogP contribution in [-0.4, -0.2) is 42.5 Å². The number of benzene rings is 3. The first-order valence-electron chi connectivity index (χ1n) is 11.1. The van der Waals surface area contributed by atoms with Crippen molar-refractivity contribution in [1.82, 2.24) is 5.32 Å². The van der Waals surface area contributed by atoms with Gasteiger partial charge in [0.1, 0.15) is 24.5 Å². The van der Waals surface area contributed by atoms with Gasteiger partial charge in [0, 0.05) is 12.1 Å². The van der Waals surface area contributed by atoms with Crippen LogP contribution in [0.3, 0.4) is 0 Å². The van der Waals surface area contributed by atoms with Crippen molar-refractivity contribution in [3.8, 4) is 11.8 Å². The van der Waals surface area contributed by atoms with Gasteiger partial charge in [-0.3, -0.25) is 0 Å². The second kappa shape index (κ2) is 11.0. The van der Waals surface area contributed by atoms with Gasteiger partial charge in [-0.25, -0.2) is 4.79 Å². The Hall–Kier alpha value is -3.40. The third kappa shape index (κ3) is 6.79. The van der Waals surface area contributed by atoms with E-state index in [1.807, 2.05) is 18.2 Å². The largest absolute Gasteiger partial charge is 0.489 e. The molecule has 0 saturated carbocycles. The topological polar surface area (TPSA) is 91.6 Å². The Bertz CT molecular complexity index is 1150. The molecule has 33 heavy (non-hydrogen) atoms. The van der Waals surface area contributed by atoms with Crippen molar-refractivity contribution in [1.29, 1.82) is 5.26 Å². The summed E-state index contributed by atoms with van der Waals surface area (Å²) in [5, 5.41) is 25.6. The van der Waals surface area contributed by atoms with E-state index in [1.165, 1.54) is 34.5 Å². The Balaban J connectivity index is 1.56. The number of carbonyl (C=O) groups is 1. The van der Waals surface area contributed by atoms with Gasteiger partial charge in [-0.1, -0.05) is 42.5 Å². The van der Waals surface area contributed by atoms with Crippen LogP contribution in [0.2, 0.25) is 0 Å². The first-order valence-corrected chi connectivity index (χ1v) is 11.1. The third-order valence-corrected chi connectivity index (χ3v) is 5.32. The summed E-state index contributed by atoms with van der Waals surface area (Å²) in [7, 11) is 0. The van der Waals surface area contributed by atoms with Gasteiger partial charge in [0.15, 0.2) is 0 Å². The molecule has 1 atom stereocenters. The predicted molar refractivity (Wildman–Crippen MR) is 128 cm³/mol. The minimum atomic E-state index is -0.793. The van der Waals surface area contributed by atoms with Gasteiger partial charge in [0.25, 0.3) is 0 Å². The van der Waals surface area contributed by atoms with E-state index < -0.39 is 12.1 Å². The maximum Gasteiger partial charge on any atom is 0.338 e. The number of nitrogens with one attached hydrogen (secondary N) is 1. The number of β-amino-alcohol motifs (C(OH)–C–C–N with tert-alkyl or cyclic N) is 1. The average Bonchev–Trinajstić information content (AvgIpc) is 2.81. The molecule has 0 heterocycles. The first-order chi connectivity index (χ1) is 15.8. The molecule has 0 fully saturated rings. The zero-order valence-corrected chi connectivity index (χ0v) is 19.3. The Morgan fingerprint density at radius 1 is 1.12 bits per heavy atom. The standard InChI is InChI=1S/C27H30N2O4/c1-4-32-26(31)22-11-12-23(16-28)25(14-22)33-18-24(30)17-29-27(2,3)15-19-9-10-20-7-5-6-8-21(20)13-19/h5-14,24,29-30H,4,15,17-18H2,1-3H3. The van der Waals surface area contributed by atoms with Gasteiger partial charge in [0.2, 0.25) is 0 Å². The normalized spacial score (nSPS) is 12.2. The van der Waals surface area contributed by atoms with Gasteiger partial charge < -0.3 is 19.9 Å². The zero-order chi connectivity index (χ0) is 23.8. The molecule has 0 spiro atoms. The van der Waals surface area contributed by atoms with E-state index in [9.17, 15) is 15.2 Å². The Labute approximate surface area is 194 Å². The van der Waals surface area contributed by atoms with Crippen LogP contribution in [0.15, 0.2) is 60.7 Å². The summed E-state index contributed by atoms with van der Waals surface area (Å²) in [6.07, 6.45) is 0.00430. The molecule has 2 N–H and O–H groups in total. The lowest BCUT2D eigenvalue weighted by atomic mass is 9.93. The number of hydrogen-bond donors (Lipinski definition) is 2. The number of esters is 1. The third-order valence-electron chi connectivity index (χ3n) is 5.32. The van der Waals surface area contributed by atoms with Crippen LogP contribution in [0.4, 0.5) is 0 Å². The van der Waals surface area contributed by atoms with E-state index in [2.05, 4.69) is 49.5 Å². The summed E-state index contributed by atoms with van der Waals surface area (Å²) in [6.45, 7) is 6.47. The number of nitriles is 1. The number of aliphatic hydroxyl groups excluding tert-OH is 1. The van der Waals surface area contributed by atoms with E-state index in [4.69, 9.17) is 9.47 Å². The lowest BCUT2D eigenvalue weighted by Gasteiger charge is -2.28. The van der Waals surface area contributed by atoms with Crippen LogP contribution in [0, 0.1) is 11.3 Å². The monoisotopic (exact) mass is 446 g/mol. The lowest BCUT2D eigenvalue weighted by molar-refractivity contribution is 0.0525. The van der Waals surface area contributed by atoms with Crippen molar-refractivity contribution < 1.29 is 19.4 Å². The number of carbonyl (C=O) groups excluding carboxylic acids is 1. The van der Waals surface area contributed by atoms with Crippen LogP contribution >= 0.6 is 0 Å². The van der Waals surface area contributed by atoms with Crippen LogP contribution in [-0.2, 0) is 11.2 Å². The average molecular weight is 447 g/mol. The molecule has 0 aromatic heterocycles. The highest BCUT2D eigenvalue weighted by Crippen LogP contribution is 2.22. The molecule has 0 aliphatic heterocycles. The van der Waals surface area contributed by atoms with Gasteiger partial charge in [-0.05, 0) is 61.7 Å². The van der Waals surface area contributed by atoms with E-state index in [0.29, 0.717) is 17.7 Å². The molecule has 0 amide bonds. The highest BCUT2D eigenvalue weighted by atomic mass is 16.5. The van der Waals surface area contributed by atoms with Crippen LogP contribution < -0.4 is 10.1 Å². The Morgan fingerprint density at radius 3 is 2.61 bits per heavy atom. The van der Waals surface area contributed by atoms with Crippen molar-refractivity contribution in [3.05, 3.63) is 77.4 Å². The molecule has 0 radical (unpaired) electrons. The summed E-state index contributed by atoms with van der Waals surface area (Å²) in [5.41, 5.74) is 1.56. The van der Waals surface area contributed by atoms with E-state index >= 15 is 0 Å². The summed E-state index contributed by atoms with van der Waals surface area (Å²) >= 11 is 0. The summed E-state index contributed by atoms with van der Waals surface area (Å²) in [5.74, 6) is -0.234. The fourth-order valence-corrected chi connectivity index (χ4v) is 3.64. The first kappa shape index (κ1) is 24.2. The Morgan fingerprint density at radius 2 is 1.88 bits per heavy atom. The van der Waals surface area contributed by atoms with Gasteiger partial charge in [-0.2, -0.15) is 5.26 Å². The summed E-state index contributed by atoms with van der Waals surface area (Å²) in [4.78, 5) is 11.9. The van der Waals surface area contributed by atoms with Crippen LogP contribution in [0.1, 0.15) is 42.3 Å². The fraction of sp³-hybridized carbons (Fsp3) is 0.333. The molecule has 0 aliphatic carbocycles. The van der Waals surface area contributed by atoms with E-state index in [-0.39, 0.29) is 24.5 Å². The van der Waals surface area contributed by atoms with Crippen LogP contribution in [0.25, 0.3) is 10.8 Å². The molecule has 0 saturated heterocycles. The van der Waals surface area contributed by atoms with Crippen molar-refractivity contribution in [2.24, 2.45) is 0 Å². The molecule has 0 aliphatic rings. The highest BCUT2D eigenvalue weighted by molar-refractivity contribution is 5.90. The number of rotatable bonds is 10. The minimum Gasteiger partial charge on any atom is -0.489 e. The molecule has 3 aromatic carbocycles. The molecule has 3 rings (SSSR count). The SMILES string of the molecule is CCOC(=O)c1ccc(C#N)c(OCC(O)CNC(C)(C)Cc2ccc3ccccc3c2)c1. The predicted octanol–water partition coefficient (Wildman–Crippen LogP) is 4.24. The molecule has 1 unspecified atom stereocenters. The number of hydrogen-bond acceptors (Lipinski definition) is 6. The lowest BCUT2D eigenvalue weighted by Crippen LogP contribution is -2.46. The van der Waals surface area contributed by atoms with Crippen molar-refractivity contribution >= 4 is 16.7 Å². The van der Waals surface area contributed by atoms with Crippen molar-refractivity contribution in [3.63, 3.8) is 0 Å². The molecule has 172 valence electrons. The van der Waals surface area contributed by atoms with E-state index in [0.717, 1.165) is 6.42 Å². The second-order valence-electron chi connectivity index (χ2n) is 8.63. The molecule has 6 heteroatoms. The molecule has 6 nitrogen and oxygen atoms in total. The minimum absolute atomic E-state index is 0.0139. The Kier molecular flexibility index (Phi) is 8.05. The number of fused-ring (bicyclic) bond motifs is 1. The number of ether oxygens (including phenoxy) is 2. The maximum absolute atomic E-state index is 11.9. The maximum atomic E-state index is 11.9.